The highest BCUT2D eigenvalue weighted by Crippen LogP contribution is 2.42. The number of halogens is 1. The van der Waals surface area contributed by atoms with Crippen LogP contribution in [0.15, 0.2) is 82.4 Å². The fraction of sp³-hybridized carbons (Fsp3) is 0.372. The number of hydrogen-bond donors (Lipinski definition) is 2. The summed E-state index contributed by atoms with van der Waals surface area (Å²) in [5.41, 5.74) is 3.45. The first kappa shape index (κ1) is 38.0. The van der Waals surface area contributed by atoms with E-state index in [0.717, 1.165) is 86.1 Å². The van der Waals surface area contributed by atoms with E-state index in [9.17, 15) is 19.2 Å². The SMILES string of the molecule is O=C(CC1CC1)c1ccc2c(n1)N(C(=O)Nc1cc(-c3cnco3)ccn1)[C@H]1CCN2C1.O=C(CC1CC1)c1ccc2c(n1)N(C(=O)Nc1cc(Br)ccn1)[C@H]1CCN2C1. The standard InChI is InChI=1S/C23H22N6O3.C20H20BrN5O2/c30-19(9-14-1-2-14)17-3-4-18-22(26-17)29(16-6-8-28(18)12-16)23(31)27-21-10-15(5-7-25-21)20-11-24-13-32-20;21-13-5-7-22-18(10-13)24-20(28)26-14-6-8-25(11-14)16-4-3-15(23-19(16)26)17(27)9-12-1-2-12/h3-5,7,10-11,13-14,16H,1-2,6,8-9,12H2,(H,25,27,31);3-5,7,10,12,14H,1-2,6,8-9,11H2,(H,22,24,28)/t16-;14-/m00/s1. The van der Waals surface area contributed by atoms with Crippen LogP contribution in [0.5, 0.6) is 0 Å². The first-order valence-corrected chi connectivity index (χ1v) is 21.3. The number of carbonyl (C=O) groups excluding carboxylic acids is 4. The van der Waals surface area contributed by atoms with Crippen molar-refractivity contribution in [3.63, 3.8) is 0 Å². The third-order valence-electron chi connectivity index (χ3n) is 11.9. The van der Waals surface area contributed by atoms with Crippen LogP contribution >= 0.6 is 15.9 Å². The molecule has 4 bridgehead atoms. The fourth-order valence-corrected chi connectivity index (χ4v) is 8.79. The number of carbonyl (C=O) groups is 4. The van der Waals surface area contributed by atoms with Crippen molar-refractivity contribution in [1.82, 2.24) is 24.9 Å². The number of oxazole rings is 1. The third kappa shape index (κ3) is 7.80. The number of rotatable bonds is 9. The molecule has 60 heavy (non-hydrogen) atoms. The number of fused-ring (bicyclic) bond motifs is 8. The predicted molar refractivity (Wildman–Crippen MR) is 228 cm³/mol. The van der Waals surface area contributed by atoms with Gasteiger partial charge in [0.2, 0.25) is 0 Å². The second-order valence-corrected chi connectivity index (χ2v) is 17.2. The van der Waals surface area contributed by atoms with Gasteiger partial charge in [-0.1, -0.05) is 15.9 Å². The Bertz CT molecular complexity index is 2490. The summed E-state index contributed by atoms with van der Waals surface area (Å²) in [6, 6.07) is 14.0. The van der Waals surface area contributed by atoms with Gasteiger partial charge in [0.1, 0.15) is 23.0 Å². The van der Waals surface area contributed by atoms with Gasteiger partial charge in [-0.25, -0.2) is 34.5 Å². The van der Waals surface area contributed by atoms with Gasteiger partial charge < -0.3 is 14.2 Å². The summed E-state index contributed by atoms with van der Waals surface area (Å²) in [7, 11) is 0. The number of amides is 4. The zero-order valence-electron chi connectivity index (χ0n) is 32.7. The van der Waals surface area contributed by atoms with Gasteiger partial charge in [0.25, 0.3) is 0 Å². The lowest BCUT2D eigenvalue weighted by Crippen LogP contribution is -2.48. The van der Waals surface area contributed by atoms with Gasteiger partial charge >= 0.3 is 12.1 Å². The molecule has 0 radical (unpaired) electrons. The zero-order valence-corrected chi connectivity index (χ0v) is 34.3. The number of Topliss-reactive ketones (excluding diaryl/α,β-unsaturated/α-hetero) is 2. The van der Waals surface area contributed by atoms with Crippen LogP contribution in [0, 0.1) is 11.8 Å². The average Bonchev–Trinajstić information content (AvgIpc) is 4.08. The summed E-state index contributed by atoms with van der Waals surface area (Å²) in [6.45, 7) is 3.28. The largest absolute Gasteiger partial charge is 0.444 e. The Morgan fingerprint density at radius 1 is 0.683 bits per heavy atom. The third-order valence-corrected chi connectivity index (χ3v) is 12.4. The molecule has 16 nitrogen and oxygen atoms in total. The summed E-state index contributed by atoms with van der Waals surface area (Å²) in [4.78, 5) is 81.3. The van der Waals surface area contributed by atoms with Gasteiger partial charge in [-0.15, -0.1) is 0 Å². The summed E-state index contributed by atoms with van der Waals surface area (Å²) in [5.74, 6) is 3.70. The molecule has 306 valence electrons. The van der Waals surface area contributed by atoms with Crippen LogP contribution in [-0.2, 0) is 0 Å². The number of nitrogens with one attached hydrogen (secondary N) is 2. The molecule has 4 amide bonds. The molecule has 0 unspecified atom stereocenters. The molecule has 17 heteroatoms. The molecule has 6 aliphatic rings. The molecule has 0 spiro atoms. The van der Waals surface area contributed by atoms with Crippen LogP contribution in [0.25, 0.3) is 11.3 Å². The molecule has 2 N–H and O–H groups in total. The number of pyridine rings is 4. The van der Waals surface area contributed by atoms with Crippen LogP contribution in [0.3, 0.4) is 0 Å². The predicted octanol–water partition coefficient (Wildman–Crippen LogP) is 7.60. The Hall–Kier alpha value is -6.23. The van der Waals surface area contributed by atoms with Gasteiger partial charge in [0.15, 0.2) is 35.4 Å². The van der Waals surface area contributed by atoms with Gasteiger partial charge in [-0.05, 0) is 98.9 Å². The van der Waals surface area contributed by atoms with Gasteiger partial charge in [-0.3, -0.25) is 30.0 Å². The molecule has 4 fully saturated rings. The monoisotopic (exact) mass is 871 g/mol. The van der Waals surface area contributed by atoms with Crippen LogP contribution in [-0.4, -0.2) is 86.8 Å². The van der Waals surface area contributed by atoms with E-state index in [1.165, 1.54) is 6.39 Å². The van der Waals surface area contributed by atoms with Crippen molar-refractivity contribution in [2.24, 2.45) is 11.8 Å². The maximum atomic E-state index is 13.4. The maximum Gasteiger partial charge on any atom is 0.329 e. The summed E-state index contributed by atoms with van der Waals surface area (Å²) in [5, 5.41) is 5.77. The number of urea groups is 2. The number of hydrogen-bond acceptors (Lipinski definition) is 12. The van der Waals surface area contributed by atoms with E-state index in [1.54, 1.807) is 64.8 Å². The Balaban J connectivity index is 0.000000146. The highest BCUT2D eigenvalue weighted by atomic mass is 79.9. The molecule has 5 aromatic heterocycles. The Labute approximate surface area is 353 Å². The molecule has 2 aliphatic carbocycles. The number of anilines is 6. The summed E-state index contributed by atoms with van der Waals surface area (Å²) in [6.07, 6.45) is 13.5. The van der Waals surface area contributed by atoms with Crippen LogP contribution < -0.4 is 30.2 Å². The number of aromatic nitrogens is 5. The van der Waals surface area contributed by atoms with E-state index < -0.39 is 0 Å². The Morgan fingerprint density at radius 2 is 1.22 bits per heavy atom. The van der Waals surface area contributed by atoms with E-state index in [-0.39, 0.29) is 35.7 Å². The molecule has 5 aromatic rings. The van der Waals surface area contributed by atoms with Crippen molar-refractivity contribution in [3.05, 3.63) is 89.4 Å². The zero-order chi connectivity index (χ0) is 40.9. The van der Waals surface area contributed by atoms with Crippen molar-refractivity contribution in [2.45, 2.75) is 63.5 Å². The molecular weight excluding hydrogens is 830 g/mol. The minimum absolute atomic E-state index is 0.00115. The molecule has 4 aliphatic heterocycles. The second kappa shape index (κ2) is 15.7. The van der Waals surface area contributed by atoms with E-state index in [1.807, 2.05) is 12.1 Å². The maximum absolute atomic E-state index is 13.4. The van der Waals surface area contributed by atoms with E-state index in [4.69, 9.17) is 4.42 Å². The molecule has 2 saturated carbocycles. The van der Waals surface area contributed by atoms with E-state index >= 15 is 0 Å². The first-order chi connectivity index (χ1) is 29.2. The quantitative estimate of drug-likeness (QED) is 0.139. The van der Waals surface area contributed by atoms with Gasteiger partial charge in [-0.2, -0.15) is 0 Å². The van der Waals surface area contributed by atoms with E-state index in [0.29, 0.717) is 65.1 Å². The highest BCUT2D eigenvalue weighted by Gasteiger charge is 2.42. The molecule has 11 rings (SSSR count). The summed E-state index contributed by atoms with van der Waals surface area (Å²) >= 11 is 3.39. The van der Waals surface area contributed by atoms with Crippen LogP contribution in [0.1, 0.15) is 72.3 Å². The van der Waals surface area contributed by atoms with Crippen molar-refractivity contribution in [3.8, 4) is 11.3 Å². The van der Waals surface area contributed by atoms with Gasteiger partial charge in [0, 0.05) is 61.5 Å². The van der Waals surface area contributed by atoms with Crippen molar-refractivity contribution in [2.75, 3.05) is 56.4 Å². The van der Waals surface area contributed by atoms with Crippen molar-refractivity contribution < 1.29 is 23.6 Å². The topological polar surface area (TPSA) is 183 Å². The number of ketones is 2. The first-order valence-electron chi connectivity index (χ1n) is 20.5. The molecule has 2 atom stereocenters. The Kier molecular flexibility index (Phi) is 9.97. The van der Waals surface area contributed by atoms with Crippen molar-refractivity contribution >= 4 is 74.2 Å². The average molecular weight is 873 g/mol. The molecular formula is C43H42BrN11O5. The van der Waals surface area contributed by atoms with Crippen LogP contribution in [0.2, 0.25) is 0 Å². The minimum atomic E-state index is -0.306. The van der Waals surface area contributed by atoms with Gasteiger partial charge in [0.05, 0.1) is 29.7 Å². The second-order valence-electron chi connectivity index (χ2n) is 16.3. The van der Waals surface area contributed by atoms with Crippen molar-refractivity contribution in [1.29, 1.82) is 0 Å². The fourth-order valence-electron chi connectivity index (χ4n) is 8.45. The molecule has 0 aromatic carbocycles. The normalized spacial score (nSPS) is 19.6. The van der Waals surface area contributed by atoms with Crippen LogP contribution in [0.4, 0.5) is 44.2 Å². The minimum Gasteiger partial charge on any atom is -0.444 e. The number of nitrogens with zero attached hydrogens (tertiary/aromatic N) is 9. The Morgan fingerprint density at radius 3 is 1.72 bits per heavy atom. The summed E-state index contributed by atoms with van der Waals surface area (Å²) < 4.78 is 6.18. The molecule has 2 saturated heterocycles. The van der Waals surface area contributed by atoms with E-state index in [2.05, 4.69) is 61.3 Å². The lowest BCUT2D eigenvalue weighted by molar-refractivity contribution is 0.0963. The lowest BCUT2D eigenvalue weighted by atomic mass is 10.1. The highest BCUT2D eigenvalue weighted by molar-refractivity contribution is 9.10. The molecule has 9 heterocycles. The lowest BCUT2D eigenvalue weighted by Gasteiger charge is -2.35. The smallest absolute Gasteiger partial charge is 0.329 e.